The fraction of sp³-hybridized carbons (Fsp3) is 0.917. The number of carbonyl (C=O) groups excluding carboxylic acids is 1. The smallest absolute Gasteiger partial charge is 0.234 e. The fourth-order valence-corrected chi connectivity index (χ4v) is 1.50. The van der Waals surface area contributed by atoms with Crippen LogP contribution in [-0.4, -0.2) is 35.7 Å². The summed E-state index contributed by atoms with van der Waals surface area (Å²) < 4.78 is 0. The lowest BCUT2D eigenvalue weighted by Crippen LogP contribution is -2.44. The summed E-state index contributed by atoms with van der Waals surface area (Å²) in [6, 6.07) is 0.213. The molecule has 0 aromatic carbocycles. The third-order valence-electron chi connectivity index (χ3n) is 2.60. The lowest BCUT2D eigenvalue weighted by atomic mass is 10.0. The summed E-state index contributed by atoms with van der Waals surface area (Å²) in [6.07, 6.45) is 2.61. The Balaban J connectivity index is 3.69. The van der Waals surface area contributed by atoms with Crippen LogP contribution in [0.25, 0.3) is 0 Å². The van der Waals surface area contributed by atoms with Crippen molar-refractivity contribution in [3.05, 3.63) is 0 Å². The maximum Gasteiger partial charge on any atom is 0.234 e. The molecule has 0 aliphatic carbocycles. The van der Waals surface area contributed by atoms with Crippen LogP contribution in [0.5, 0.6) is 0 Å². The van der Waals surface area contributed by atoms with Gasteiger partial charge in [-0.3, -0.25) is 4.79 Å². The Morgan fingerprint density at radius 3 is 2.56 bits per heavy atom. The first kappa shape index (κ1) is 15.4. The summed E-state index contributed by atoms with van der Waals surface area (Å²) in [7, 11) is 0. The van der Waals surface area contributed by atoms with E-state index in [4.69, 9.17) is 0 Å². The van der Waals surface area contributed by atoms with E-state index in [0.29, 0.717) is 6.54 Å². The average molecular weight is 230 g/mol. The highest BCUT2D eigenvalue weighted by molar-refractivity contribution is 5.78. The maximum atomic E-state index is 11.4. The van der Waals surface area contributed by atoms with Gasteiger partial charge in [0.25, 0.3) is 0 Å². The number of rotatable bonds is 8. The summed E-state index contributed by atoms with van der Waals surface area (Å²) in [6.45, 7) is 8.55. The highest BCUT2D eigenvalue weighted by atomic mass is 16.3. The topological polar surface area (TPSA) is 61.4 Å². The molecule has 4 nitrogen and oxygen atoms in total. The van der Waals surface area contributed by atoms with Crippen molar-refractivity contribution in [1.82, 2.24) is 10.6 Å². The monoisotopic (exact) mass is 230 g/mol. The zero-order valence-electron chi connectivity index (χ0n) is 11.0. The molecule has 0 saturated carbocycles. The number of hydrogen-bond acceptors (Lipinski definition) is 3. The molecule has 0 radical (unpaired) electrons. The molecule has 4 heteroatoms. The van der Waals surface area contributed by atoms with E-state index in [-0.39, 0.29) is 18.5 Å². The number of carbonyl (C=O) groups is 1. The first-order chi connectivity index (χ1) is 7.41. The van der Waals surface area contributed by atoms with Crippen LogP contribution in [0.15, 0.2) is 0 Å². The van der Waals surface area contributed by atoms with Crippen molar-refractivity contribution < 1.29 is 9.90 Å². The van der Waals surface area contributed by atoms with E-state index in [9.17, 15) is 9.90 Å². The molecule has 0 aromatic rings. The summed E-state index contributed by atoms with van der Waals surface area (Å²) in [5.41, 5.74) is -0.717. The summed E-state index contributed by atoms with van der Waals surface area (Å²) in [4.78, 5) is 11.4. The Morgan fingerprint density at radius 2 is 2.06 bits per heavy atom. The van der Waals surface area contributed by atoms with E-state index in [1.807, 2.05) is 20.8 Å². The highest BCUT2D eigenvalue weighted by Gasteiger charge is 2.18. The van der Waals surface area contributed by atoms with Gasteiger partial charge in [-0.1, -0.05) is 20.3 Å². The predicted octanol–water partition coefficient (Wildman–Crippen LogP) is 1.04. The lowest BCUT2D eigenvalue weighted by Gasteiger charge is -2.23. The number of amides is 1. The Hall–Kier alpha value is -0.610. The minimum absolute atomic E-state index is 0.0124. The Kier molecular flexibility index (Phi) is 7.34. The van der Waals surface area contributed by atoms with E-state index in [1.165, 1.54) is 0 Å². The van der Waals surface area contributed by atoms with Gasteiger partial charge in [-0.25, -0.2) is 0 Å². The molecule has 2 unspecified atom stereocenters. The van der Waals surface area contributed by atoms with Gasteiger partial charge >= 0.3 is 0 Å². The standard InChI is InChI=1S/C12H26N2O2/c1-5-7-12(4,16)9-13-8-11(15)14-10(3)6-2/h10,13,16H,5-9H2,1-4H3,(H,14,15). The van der Waals surface area contributed by atoms with E-state index in [2.05, 4.69) is 10.6 Å². The Morgan fingerprint density at radius 1 is 1.44 bits per heavy atom. The van der Waals surface area contributed by atoms with Gasteiger partial charge in [-0.15, -0.1) is 0 Å². The van der Waals surface area contributed by atoms with Gasteiger partial charge in [-0.2, -0.15) is 0 Å². The zero-order chi connectivity index (χ0) is 12.6. The minimum Gasteiger partial charge on any atom is -0.389 e. The zero-order valence-corrected chi connectivity index (χ0v) is 11.0. The molecule has 0 bridgehead atoms. The van der Waals surface area contributed by atoms with Gasteiger partial charge in [0, 0.05) is 12.6 Å². The molecular weight excluding hydrogens is 204 g/mol. The molecule has 0 aromatic heterocycles. The summed E-state index contributed by atoms with van der Waals surface area (Å²) >= 11 is 0. The quantitative estimate of drug-likeness (QED) is 0.584. The third kappa shape index (κ3) is 7.65. The average Bonchev–Trinajstić information content (AvgIpc) is 2.16. The molecule has 0 saturated heterocycles. The highest BCUT2D eigenvalue weighted by Crippen LogP contribution is 2.09. The SMILES string of the molecule is CCCC(C)(O)CNCC(=O)NC(C)CC. The van der Waals surface area contributed by atoms with Crippen LogP contribution >= 0.6 is 0 Å². The van der Waals surface area contributed by atoms with Crippen molar-refractivity contribution in [2.45, 2.75) is 58.6 Å². The molecule has 0 aliphatic heterocycles. The van der Waals surface area contributed by atoms with Crippen molar-refractivity contribution in [2.75, 3.05) is 13.1 Å². The van der Waals surface area contributed by atoms with Gasteiger partial charge in [-0.05, 0) is 26.7 Å². The molecule has 0 rings (SSSR count). The van der Waals surface area contributed by atoms with E-state index < -0.39 is 5.60 Å². The fourth-order valence-electron chi connectivity index (χ4n) is 1.50. The molecule has 3 N–H and O–H groups in total. The Bertz CT molecular complexity index is 205. The van der Waals surface area contributed by atoms with Gasteiger partial charge < -0.3 is 15.7 Å². The molecule has 1 amide bonds. The minimum atomic E-state index is -0.717. The largest absolute Gasteiger partial charge is 0.389 e. The second kappa shape index (κ2) is 7.63. The van der Waals surface area contributed by atoms with Gasteiger partial charge in [0.05, 0.1) is 12.1 Å². The third-order valence-corrected chi connectivity index (χ3v) is 2.60. The van der Waals surface area contributed by atoms with E-state index in [0.717, 1.165) is 19.3 Å². The van der Waals surface area contributed by atoms with Gasteiger partial charge in [0.15, 0.2) is 0 Å². The molecule has 96 valence electrons. The summed E-state index contributed by atoms with van der Waals surface area (Å²) in [5.74, 6) is -0.0124. The van der Waals surface area contributed by atoms with Crippen LogP contribution < -0.4 is 10.6 Å². The first-order valence-corrected chi connectivity index (χ1v) is 6.13. The van der Waals surface area contributed by atoms with Crippen molar-refractivity contribution in [1.29, 1.82) is 0 Å². The molecule has 0 heterocycles. The van der Waals surface area contributed by atoms with E-state index in [1.54, 1.807) is 6.92 Å². The van der Waals surface area contributed by atoms with Crippen LogP contribution in [0, 0.1) is 0 Å². The van der Waals surface area contributed by atoms with Crippen molar-refractivity contribution in [3.8, 4) is 0 Å². The van der Waals surface area contributed by atoms with Crippen LogP contribution in [-0.2, 0) is 4.79 Å². The van der Waals surface area contributed by atoms with Crippen LogP contribution in [0.4, 0.5) is 0 Å². The van der Waals surface area contributed by atoms with Crippen molar-refractivity contribution in [3.63, 3.8) is 0 Å². The lowest BCUT2D eigenvalue weighted by molar-refractivity contribution is -0.121. The molecule has 2 atom stereocenters. The normalized spacial score (nSPS) is 16.6. The molecule has 16 heavy (non-hydrogen) atoms. The molecule has 0 aliphatic rings. The summed E-state index contributed by atoms with van der Waals surface area (Å²) in [5, 5.41) is 15.7. The van der Waals surface area contributed by atoms with Crippen LogP contribution in [0.3, 0.4) is 0 Å². The Labute approximate surface area is 98.8 Å². The van der Waals surface area contributed by atoms with E-state index >= 15 is 0 Å². The predicted molar refractivity (Wildman–Crippen MR) is 66.3 cm³/mol. The van der Waals surface area contributed by atoms with Crippen molar-refractivity contribution >= 4 is 5.91 Å². The van der Waals surface area contributed by atoms with Crippen LogP contribution in [0.2, 0.25) is 0 Å². The van der Waals surface area contributed by atoms with Gasteiger partial charge in [0.2, 0.25) is 5.91 Å². The van der Waals surface area contributed by atoms with Gasteiger partial charge in [0.1, 0.15) is 0 Å². The number of hydrogen-bond donors (Lipinski definition) is 3. The van der Waals surface area contributed by atoms with Crippen LogP contribution in [0.1, 0.15) is 47.0 Å². The number of nitrogens with one attached hydrogen (secondary N) is 2. The molecule has 0 spiro atoms. The maximum absolute atomic E-state index is 11.4. The molecular formula is C12H26N2O2. The molecule has 0 fully saturated rings. The second-order valence-corrected chi connectivity index (χ2v) is 4.73. The number of aliphatic hydroxyl groups is 1. The first-order valence-electron chi connectivity index (χ1n) is 6.13. The second-order valence-electron chi connectivity index (χ2n) is 4.73. The van der Waals surface area contributed by atoms with Crippen molar-refractivity contribution in [2.24, 2.45) is 0 Å².